The summed E-state index contributed by atoms with van der Waals surface area (Å²) in [6.07, 6.45) is 1.55. The Morgan fingerprint density at radius 1 is 1.16 bits per heavy atom. The summed E-state index contributed by atoms with van der Waals surface area (Å²) in [5.74, 6) is -1.11. The second-order valence-electron chi connectivity index (χ2n) is 6.77. The number of aromatic nitrogens is 2. The zero-order valence-electron chi connectivity index (χ0n) is 16.5. The number of nitrogens with two attached hydrogens (primary N) is 1. The summed E-state index contributed by atoms with van der Waals surface area (Å²) >= 11 is -2.52. The van der Waals surface area contributed by atoms with Crippen molar-refractivity contribution in [1.29, 1.82) is 0 Å². The Morgan fingerprint density at radius 2 is 1.84 bits per heavy atom. The van der Waals surface area contributed by atoms with Crippen molar-refractivity contribution in [3.05, 3.63) is 78.2 Å². The molecule has 2 aromatic carbocycles. The Bertz CT molecular complexity index is 1290. The number of primary amides is 1. The van der Waals surface area contributed by atoms with Crippen molar-refractivity contribution >= 4 is 28.4 Å². The van der Waals surface area contributed by atoms with Gasteiger partial charge in [-0.15, -0.1) is 0 Å². The van der Waals surface area contributed by atoms with Crippen LogP contribution in [0.15, 0.2) is 66.9 Å². The first-order valence-corrected chi connectivity index (χ1v) is 10.5. The molecular weight excluding hydrogens is 419 g/mol. The van der Waals surface area contributed by atoms with Gasteiger partial charge >= 0.3 is 0 Å². The van der Waals surface area contributed by atoms with Crippen LogP contribution in [0, 0.1) is 5.82 Å². The number of halogens is 1. The van der Waals surface area contributed by atoms with E-state index in [1.807, 2.05) is 30.3 Å². The summed E-state index contributed by atoms with van der Waals surface area (Å²) in [6, 6.07) is 16.5. The molecule has 158 valence electrons. The molecule has 0 bridgehead atoms. The van der Waals surface area contributed by atoms with Gasteiger partial charge in [-0.05, 0) is 42.8 Å². The normalized spacial score (nSPS) is 12.1. The van der Waals surface area contributed by atoms with Gasteiger partial charge in [0.1, 0.15) is 11.5 Å². The fraction of sp³-hybridized carbons (Fsp3) is 0.0909. The van der Waals surface area contributed by atoms with E-state index in [-0.39, 0.29) is 17.8 Å². The summed E-state index contributed by atoms with van der Waals surface area (Å²) in [7, 11) is 0. The summed E-state index contributed by atoms with van der Waals surface area (Å²) in [5.41, 5.74) is 8.84. The molecule has 0 saturated heterocycles. The Labute approximate surface area is 180 Å². The minimum absolute atomic E-state index is 0.168. The Hall–Kier alpha value is -3.56. The van der Waals surface area contributed by atoms with E-state index in [0.717, 1.165) is 5.56 Å². The summed E-state index contributed by atoms with van der Waals surface area (Å²) < 4.78 is 39.7. The van der Waals surface area contributed by atoms with Gasteiger partial charge in [-0.2, -0.15) is 5.10 Å². The average Bonchev–Trinajstić information content (AvgIpc) is 3.13. The second-order valence-corrected chi connectivity index (χ2v) is 7.65. The van der Waals surface area contributed by atoms with Crippen LogP contribution in [-0.4, -0.2) is 30.8 Å². The lowest BCUT2D eigenvalue weighted by atomic mass is 10.0. The molecule has 4 aromatic rings. The maximum absolute atomic E-state index is 13.4. The van der Waals surface area contributed by atoms with E-state index in [2.05, 4.69) is 5.10 Å². The lowest BCUT2D eigenvalue weighted by molar-refractivity contribution is 0.100. The first-order chi connectivity index (χ1) is 14.9. The van der Waals surface area contributed by atoms with Crippen LogP contribution in [0.3, 0.4) is 0 Å². The molecule has 9 heteroatoms. The molecule has 1 atom stereocenters. The van der Waals surface area contributed by atoms with E-state index < -0.39 is 23.0 Å². The van der Waals surface area contributed by atoms with E-state index in [0.29, 0.717) is 22.3 Å². The van der Waals surface area contributed by atoms with Crippen LogP contribution in [0.2, 0.25) is 0 Å². The van der Waals surface area contributed by atoms with Crippen LogP contribution in [-0.2, 0) is 11.3 Å². The number of anilines is 1. The number of hydrogen-bond donors (Lipinski definition) is 1. The zero-order valence-corrected chi connectivity index (χ0v) is 17.3. The summed E-state index contributed by atoms with van der Waals surface area (Å²) in [4.78, 5) is 12.4. The molecule has 7 nitrogen and oxygen atoms in total. The molecule has 0 fully saturated rings. The van der Waals surface area contributed by atoms with Gasteiger partial charge in [-0.3, -0.25) is 9.00 Å². The average molecular weight is 437 g/mol. The quantitative estimate of drug-likeness (QED) is 0.466. The molecule has 2 aromatic heterocycles. The third-order valence-electron chi connectivity index (χ3n) is 4.93. The third kappa shape index (κ3) is 3.80. The molecule has 0 aliphatic heterocycles. The molecule has 2 N–H and O–H groups in total. The highest BCUT2D eigenvalue weighted by Gasteiger charge is 2.22. The molecule has 0 radical (unpaired) electrons. The number of fused-ring (bicyclic) bond motifs is 1. The number of amides is 1. The predicted octanol–water partition coefficient (Wildman–Crippen LogP) is 3.53. The van der Waals surface area contributed by atoms with Crippen molar-refractivity contribution in [3.8, 4) is 22.4 Å². The molecule has 0 aliphatic rings. The number of carbonyl (C=O) groups is 1. The van der Waals surface area contributed by atoms with E-state index in [4.69, 9.17) is 5.73 Å². The van der Waals surface area contributed by atoms with Gasteiger partial charge in [-0.25, -0.2) is 8.91 Å². The van der Waals surface area contributed by atoms with E-state index >= 15 is 0 Å². The van der Waals surface area contributed by atoms with Crippen LogP contribution in [0.5, 0.6) is 0 Å². The second kappa shape index (κ2) is 8.29. The monoisotopic (exact) mass is 437 g/mol. The first-order valence-electron chi connectivity index (χ1n) is 9.45. The van der Waals surface area contributed by atoms with Gasteiger partial charge < -0.3 is 14.6 Å². The number of benzene rings is 2. The topological polar surface area (TPSA) is 104 Å². The van der Waals surface area contributed by atoms with Gasteiger partial charge in [0.05, 0.1) is 23.0 Å². The SMILES string of the molecule is CCN(c1cn2nc(-c3ccc(F)cc3)c(C(N)=O)c2cc1-c1ccccc1)S(=O)[O-]. The van der Waals surface area contributed by atoms with E-state index in [1.165, 1.54) is 33.1 Å². The van der Waals surface area contributed by atoms with Crippen LogP contribution >= 0.6 is 0 Å². The van der Waals surface area contributed by atoms with Crippen LogP contribution in [0.4, 0.5) is 10.1 Å². The molecule has 0 saturated carbocycles. The van der Waals surface area contributed by atoms with Crippen molar-refractivity contribution < 1.29 is 17.9 Å². The minimum Gasteiger partial charge on any atom is -0.755 e. The Morgan fingerprint density at radius 3 is 2.42 bits per heavy atom. The molecule has 1 unspecified atom stereocenters. The highest BCUT2D eigenvalue weighted by molar-refractivity contribution is 7.80. The fourth-order valence-corrected chi connectivity index (χ4v) is 4.05. The van der Waals surface area contributed by atoms with Crippen molar-refractivity contribution in [2.24, 2.45) is 5.73 Å². The number of rotatable bonds is 6. The van der Waals surface area contributed by atoms with E-state index in [9.17, 15) is 17.9 Å². The maximum atomic E-state index is 13.4. The third-order valence-corrected chi connectivity index (χ3v) is 5.75. The minimum atomic E-state index is -2.52. The van der Waals surface area contributed by atoms with Gasteiger partial charge in [0.2, 0.25) is 0 Å². The van der Waals surface area contributed by atoms with E-state index in [1.54, 1.807) is 19.2 Å². The number of nitrogens with zero attached hydrogens (tertiary/aromatic N) is 3. The molecule has 4 rings (SSSR count). The molecular formula is C22H18FN4O3S-. The smallest absolute Gasteiger partial charge is 0.253 e. The van der Waals surface area contributed by atoms with Crippen LogP contribution < -0.4 is 10.0 Å². The van der Waals surface area contributed by atoms with Crippen LogP contribution in [0.1, 0.15) is 17.3 Å². The molecule has 0 spiro atoms. The number of pyridine rings is 1. The number of hydrogen-bond acceptors (Lipinski definition) is 4. The van der Waals surface area contributed by atoms with Gasteiger partial charge in [-0.1, -0.05) is 30.3 Å². The summed E-state index contributed by atoms with van der Waals surface area (Å²) in [5, 5.41) is 4.47. The predicted molar refractivity (Wildman–Crippen MR) is 116 cm³/mol. The highest BCUT2D eigenvalue weighted by Crippen LogP contribution is 2.35. The molecule has 1 amide bonds. The lowest BCUT2D eigenvalue weighted by Crippen LogP contribution is -2.25. The Kier molecular flexibility index (Phi) is 5.53. The lowest BCUT2D eigenvalue weighted by Gasteiger charge is -2.27. The van der Waals surface area contributed by atoms with Crippen molar-refractivity contribution in [3.63, 3.8) is 0 Å². The summed E-state index contributed by atoms with van der Waals surface area (Å²) in [6.45, 7) is 1.92. The zero-order chi connectivity index (χ0) is 22.1. The highest BCUT2D eigenvalue weighted by atomic mass is 32.2. The number of carbonyl (C=O) groups excluding carboxylic acids is 1. The fourth-order valence-electron chi connectivity index (χ4n) is 3.54. The van der Waals surface area contributed by atoms with Crippen molar-refractivity contribution in [2.45, 2.75) is 6.92 Å². The Balaban J connectivity index is 2.05. The van der Waals surface area contributed by atoms with Gasteiger partial charge in [0, 0.05) is 28.9 Å². The molecule has 0 aliphatic carbocycles. The van der Waals surface area contributed by atoms with Gasteiger partial charge in [0.15, 0.2) is 0 Å². The standard InChI is InChI=1S/C22H19FN4O3S/c1-2-27(31(29)30)19-13-26-18(12-17(19)14-6-4-3-5-7-14)20(22(24)28)21(25-26)15-8-10-16(23)11-9-15/h3-13H,2H2,1H3,(H2,24,28)(H,29,30)/p-1. The van der Waals surface area contributed by atoms with Crippen LogP contribution in [0.25, 0.3) is 27.9 Å². The molecule has 2 heterocycles. The van der Waals surface area contributed by atoms with Crippen molar-refractivity contribution in [1.82, 2.24) is 9.61 Å². The van der Waals surface area contributed by atoms with Gasteiger partial charge in [0.25, 0.3) is 5.91 Å². The molecule has 31 heavy (non-hydrogen) atoms. The van der Waals surface area contributed by atoms with Crippen molar-refractivity contribution in [2.75, 3.05) is 10.8 Å². The maximum Gasteiger partial charge on any atom is 0.253 e. The first kappa shape index (κ1) is 20.7. The largest absolute Gasteiger partial charge is 0.755 e.